The maximum Gasteiger partial charge on any atom is 0.270 e. The molecule has 0 unspecified atom stereocenters. The number of piperazine rings is 1. The van der Waals surface area contributed by atoms with E-state index in [0.29, 0.717) is 10.7 Å². The molecule has 3 aromatic rings. The van der Waals surface area contributed by atoms with Crippen LogP contribution in [0.3, 0.4) is 0 Å². The number of rotatable bonds is 3. The van der Waals surface area contributed by atoms with Crippen LogP contribution >= 0.6 is 23.2 Å². The fraction of sp³-hybridized carbons (Fsp3) is 0.286. The number of aryl methyl sites for hydroxylation is 1. The molecule has 0 bridgehead atoms. The van der Waals surface area contributed by atoms with E-state index in [1.165, 1.54) is 5.56 Å². The molecule has 0 atom stereocenters. The first kappa shape index (κ1) is 18.4. The van der Waals surface area contributed by atoms with Crippen LogP contribution in [0.5, 0.6) is 0 Å². The zero-order valence-electron chi connectivity index (χ0n) is 15.2. The van der Waals surface area contributed by atoms with Crippen molar-refractivity contribution in [1.29, 1.82) is 0 Å². The average molecular weight is 402 g/mol. The Labute approximate surface area is 168 Å². The highest BCUT2D eigenvalue weighted by Crippen LogP contribution is 2.24. The summed E-state index contributed by atoms with van der Waals surface area (Å²) < 4.78 is 1.93. The molecule has 1 aromatic heterocycles. The molecule has 0 saturated carbocycles. The Morgan fingerprint density at radius 3 is 2.30 bits per heavy atom. The molecule has 0 N–H and O–H groups in total. The van der Waals surface area contributed by atoms with Crippen molar-refractivity contribution >= 4 is 40.0 Å². The number of hydrogen-bond acceptors (Lipinski definition) is 2. The summed E-state index contributed by atoms with van der Waals surface area (Å²) in [6.45, 7) is 4.07. The third-order valence-electron chi connectivity index (χ3n) is 5.21. The predicted octanol–water partition coefficient (Wildman–Crippen LogP) is 4.44. The van der Waals surface area contributed by atoms with Crippen molar-refractivity contribution in [3.8, 4) is 0 Å². The van der Waals surface area contributed by atoms with Gasteiger partial charge in [0.1, 0.15) is 5.69 Å². The van der Waals surface area contributed by atoms with E-state index in [4.69, 9.17) is 23.2 Å². The summed E-state index contributed by atoms with van der Waals surface area (Å²) in [5, 5.41) is 2.47. The number of carbonyl (C=O) groups is 1. The molecule has 0 aliphatic carbocycles. The van der Waals surface area contributed by atoms with Gasteiger partial charge in [-0.05, 0) is 35.9 Å². The smallest absolute Gasteiger partial charge is 0.270 e. The summed E-state index contributed by atoms with van der Waals surface area (Å²) in [5.74, 6) is 0.0796. The van der Waals surface area contributed by atoms with Gasteiger partial charge in [0.25, 0.3) is 5.91 Å². The van der Waals surface area contributed by atoms with Gasteiger partial charge in [-0.2, -0.15) is 0 Å². The molecule has 1 saturated heterocycles. The normalized spacial score (nSPS) is 15.4. The molecule has 0 radical (unpaired) electrons. The Morgan fingerprint density at radius 1 is 0.926 bits per heavy atom. The van der Waals surface area contributed by atoms with E-state index in [1.54, 1.807) is 0 Å². The molecule has 27 heavy (non-hydrogen) atoms. The minimum atomic E-state index is 0.0796. The highest BCUT2D eigenvalue weighted by Gasteiger charge is 2.24. The lowest BCUT2D eigenvalue weighted by atomic mass is 10.2. The van der Waals surface area contributed by atoms with Gasteiger partial charge in [-0.1, -0.05) is 41.4 Å². The zero-order valence-corrected chi connectivity index (χ0v) is 16.7. The topological polar surface area (TPSA) is 28.5 Å². The lowest BCUT2D eigenvalue weighted by Gasteiger charge is -2.34. The second kappa shape index (κ2) is 7.55. The van der Waals surface area contributed by atoms with E-state index >= 15 is 0 Å². The predicted molar refractivity (Wildman–Crippen MR) is 111 cm³/mol. The highest BCUT2D eigenvalue weighted by molar-refractivity contribution is 6.31. The maximum atomic E-state index is 13.0. The quantitative estimate of drug-likeness (QED) is 0.648. The SMILES string of the molecule is Cn1c(C(=O)N2CCN(Cc3ccc(Cl)cc3)CC2)cc2ccc(Cl)cc21. The molecule has 6 heteroatoms. The van der Waals surface area contributed by atoms with Gasteiger partial charge in [0, 0.05) is 60.7 Å². The fourth-order valence-electron chi connectivity index (χ4n) is 3.63. The second-order valence-electron chi connectivity index (χ2n) is 6.99. The second-order valence-corrected chi connectivity index (χ2v) is 7.86. The number of carbonyl (C=O) groups excluding carboxylic acids is 1. The van der Waals surface area contributed by atoms with Crippen molar-refractivity contribution < 1.29 is 4.79 Å². The third-order valence-corrected chi connectivity index (χ3v) is 5.69. The summed E-state index contributed by atoms with van der Waals surface area (Å²) in [6, 6.07) is 15.6. The van der Waals surface area contributed by atoms with E-state index in [2.05, 4.69) is 17.0 Å². The monoisotopic (exact) mass is 401 g/mol. The summed E-state index contributed by atoms with van der Waals surface area (Å²) in [5.41, 5.74) is 2.93. The minimum absolute atomic E-state index is 0.0796. The summed E-state index contributed by atoms with van der Waals surface area (Å²) in [6.07, 6.45) is 0. The lowest BCUT2D eigenvalue weighted by Crippen LogP contribution is -2.48. The highest BCUT2D eigenvalue weighted by atomic mass is 35.5. The van der Waals surface area contributed by atoms with Crippen molar-refractivity contribution in [2.75, 3.05) is 26.2 Å². The summed E-state index contributed by atoms with van der Waals surface area (Å²) >= 11 is 12.0. The van der Waals surface area contributed by atoms with Gasteiger partial charge in [0.05, 0.1) is 0 Å². The van der Waals surface area contributed by atoms with Crippen molar-refractivity contribution in [2.24, 2.45) is 7.05 Å². The molecular weight excluding hydrogens is 381 g/mol. The molecule has 1 aliphatic heterocycles. The fourth-order valence-corrected chi connectivity index (χ4v) is 3.92. The first-order valence-corrected chi connectivity index (χ1v) is 9.78. The number of aromatic nitrogens is 1. The number of halogens is 2. The maximum absolute atomic E-state index is 13.0. The van der Waals surface area contributed by atoms with Crippen LogP contribution in [0, 0.1) is 0 Å². The number of hydrogen-bond donors (Lipinski definition) is 0. The Kier molecular flexibility index (Phi) is 5.13. The molecule has 1 fully saturated rings. The van der Waals surface area contributed by atoms with Crippen LogP contribution in [0.1, 0.15) is 16.1 Å². The first-order valence-electron chi connectivity index (χ1n) is 9.02. The van der Waals surface area contributed by atoms with E-state index in [-0.39, 0.29) is 5.91 Å². The number of benzene rings is 2. The van der Waals surface area contributed by atoms with Crippen LogP contribution in [-0.4, -0.2) is 46.5 Å². The van der Waals surface area contributed by atoms with Crippen LogP contribution in [0.25, 0.3) is 10.9 Å². The van der Waals surface area contributed by atoms with E-state index < -0.39 is 0 Å². The molecular formula is C21H21Cl2N3O. The van der Waals surface area contributed by atoms with E-state index in [9.17, 15) is 4.79 Å². The molecule has 4 rings (SSSR count). The summed E-state index contributed by atoms with van der Waals surface area (Å²) in [7, 11) is 1.92. The van der Waals surface area contributed by atoms with Gasteiger partial charge < -0.3 is 9.47 Å². The largest absolute Gasteiger partial charge is 0.340 e. The van der Waals surface area contributed by atoms with Gasteiger partial charge >= 0.3 is 0 Å². The van der Waals surface area contributed by atoms with Crippen molar-refractivity contribution in [3.63, 3.8) is 0 Å². The number of amides is 1. The van der Waals surface area contributed by atoms with Crippen molar-refractivity contribution in [1.82, 2.24) is 14.4 Å². The Morgan fingerprint density at radius 2 is 1.59 bits per heavy atom. The molecule has 0 spiro atoms. The molecule has 1 amide bonds. The molecule has 4 nitrogen and oxygen atoms in total. The Bertz CT molecular complexity index is 973. The first-order chi connectivity index (χ1) is 13.0. The number of nitrogens with zero attached hydrogens (tertiary/aromatic N) is 3. The van der Waals surface area contributed by atoms with Crippen LogP contribution in [0.2, 0.25) is 10.0 Å². The van der Waals surface area contributed by atoms with Crippen LogP contribution < -0.4 is 0 Å². The Hall–Kier alpha value is -2.01. The number of fused-ring (bicyclic) bond motifs is 1. The van der Waals surface area contributed by atoms with E-state index in [1.807, 2.05) is 52.9 Å². The Balaban J connectivity index is 1.43. The van der Waals surface area contributed by atoms with Gasteiger partial charge in [0.2, 0.25) is 0 Å². The minimum Gasteiger partial charge on any atom is -0.340 e. The molecule has 1 aliphatic rings. The van der Waals surface area contributed by atoms with Crippen molar-refractivity contribution in [3.05, 3.63) is 69.8 Å². The van der Waals surface area contributed by atoms with Crippen LogP contribution in [0.15, 0.2) is 48.5 Å². The molecule has 2 aromatic carbocycles. The van der Waals surface area contributed by atoms with E-state index in [0.717, 1.165) is 48.6 Å². The molecule has 2 heterocycles. The molecule has 140 valence electrons. The lowest BCUT2D eigenvalue weighted by molar-refractivity contribution is 0.0619. The summed E-state index contributed by atoms with van der Waals surface area (Å²) in [4.78, 5) is 17.3. The van der Waals surface area contributed by atoms with Crippen molar-refractivity contribution in [2.45, 2.75) is 6.54 Å². The van der Waals surface area contributed by atoms with Crippen LogP contribution in [0.4, 0.5) is 0 Å². The zero-order chi connectivity index (χ0) is 19.0. The standard InChI is InChI=1S/C21H21Cl2N3O/c1-24-19-13-18(23)7-4-16(19)12-20(24)21(27)26-10-8-25(9-11-26)14-15-2-5-17(22)6-3-15/h2-7,12-13H,8-11,14H2,1H3. The van der Waals surface area contributed by atoms with Gasteiger partial charge in [-0.3, -0.25) is 9.69 Å². The van der Waals surface area contributed by atoms with Gasteiger partial charge in [-0.15, -0.1) is 0 Å². The van der Waals surface area contributed by atoms with Crippen LogP contribution in [-0.2, 0) is 13.6 Å². The third kappa shape index (κ3) is 3.84. The van der Waals surface area contributed by atoms with Gasteiger partial charge in [0.15, 0.2) is 0 Å². The van der Waals surface area contributed by atoms with Gasteiger partial charge in [-0.25, -0.2) is 0 Å². The average Bonchev–Trinajstić information content (AvgIpc) is 3.00.